The third-order valence-corrected chi connectivity index (χ3v) is 3.34. The van der Waals surface area contributed by atoms with E-state index >= 15 is 0 Å². The maximum Gasteiger partial charge on any atom is 0.161 e. The quantitative estimate of drug-likeness (QED) is 0.919. The number of hydrogen-bond acceptors (Lipinski definition) is 4. The minimum atomic E-state index is -0.237. The highest BCUT2D eigenvalue weighted by Gasteiger charge is 2.18. The van der Waals surface area contributed by atoms with E-state index in [0.29, 0.717) is 11.5 Å². The third-order valence-electron chi connectivity index (χ3n) is 3.34. The molecule has 0 aliphatic carbocycles. The molecule has 4 heteroatoms. The first kappa shape index (κ1) is 13.5. The third kappa shape index (κ3) is 2.44. The molecule has 4 nitrogen and oxygen atoms in total. The molecular formula is C15H19NO3. The lowest BCUT2D eigenvalue weighted by atomic mass is 9.95. The number of benzene rings is 1. The minimum Gasteiger partial charge on any atom is -0.493 e. The first-order valence-electron chi connectivity index (χ1n) is 6.10. The lowest BCUT2D eigenvalue weighted by Crippen LogP contribution is -2.14. The van der Waals surface area contributed by atoms with E-state index in [1.165, 1.54) is 0 Å². The largest absolute Gasteiger partial charge is 0.493 e. The summed E-state index contributed by atoms with van der Waals surface area (Å²) in [6.45, 7) is 3.91. The fraction of sp³-hybridized carbons (Fsp3) is 0.333. The van der Waals surface area contributed by atoms with Crippen molar-refractivity contribution in [2.45, 2.75) is 19.9 Å². The molecule has 1 unspecified atom stereocenters. The van der Waals surface area contributed by atoms with Crippen molar-refractivity contribution in [1.82, 2.24) is 0 Å². The van der Waals surface area contributed by atoms with E-state index in [1.54, 1.807) is 20.5 Å². The molecule has 1 aromatic carbocycles. The summed E-state index contributed by atoms with van der Waals surface area (Å²) in [6, 6.07) is 5.52. The highest BCUT2D eigenvalue weighted by atomic mass is 16.5. The van der Waals surface area contributed by atoms with Crippen molar-refractivity contribution in [3.63, 3.8) is 0 Å². The molecule has 0 amide bonds. The predicted molar refractivity (Wildman–Crippen MR) is 73.8 cm³/mol. The smallest absolute Gasteiger partial charge is 0.161 e. The Morgan fingerprint density at radius 2 is 1.68 bits per heavy atom. The van der Waals surface area contributed by atoms with Crippen LogP contribution in [0.15, 0.2) is 28.9 Å². The van der Waals surface area contributed by atoms with Crippen molar-refractivity contribution in [1.29, 1.82) is 0 Å². The van der Waals surface area contributed by atoms with Gasteiger partial charge in [-0.3, -0.25) is 0 Å². The van der Waals surface area contributed by atoms with E-state index in [4.69, 9.17) is 19.6 Å². The normalized spacial score (nSPS) is 12.3. The number of hydrogen-bond donors (Lipinski definition) is 1. The summed E-state index contributed by atoms with van der Waals surface area (Å²) in [5.41, 5.74) is 9.37. The Bertz CT molecular complexity index is 575. The molecule has 0 fully saturated rings. The summed E-state index contributed by atoms with van der Waals surface area (Å²) >= 11 is 0. The second-order valence-corrected chi connectivity index (χ2v) is 4.47. The molecule has 0 spiro atoms. The van der Waals surface area contributed by atoms with Crippen LogP contribution in [0.3, 0.4) is 0 Å². The summed E-state index contributed by atoms with van der Waals surface area (Å²) in [5, 5.41) is 0. The van der Waals surface area contributed by atoms with Gasteiger partial charge in [0.1, 0.15) is 5.76 Å². The summed E-state index contributed by atoms with van der Waals surface area (Å²) in [5.74, 6) is 2.22. The van der Waals surface area contributed by atoms with Crippen LogP contribution in [0.25, 0.3) is 0 Å². The molecule has 0 aliphatic heterocycles. The number of rotatable bonds is 4. The van der Waals surface area contributed by atoms with Gasteiger partial charge in [-0.1, -0.05) is 0 Å². The summed E-state index contributed by atoms with van der Waals surface area (Å²) in [6.07, 6.45) is 1.65. The molecule has 2 aromatic rings. The zero-order chi connectivity index (χ0) is 14.0. The Hall–Kier alpha value is -1.94. The van der Waals surface area contributed by atoms with E-state index in [0.717, 1.165) is 22.5 Å². The molecule has 1 heterocycles. The number of nitrogens with two attached hydrogens (primary N) is 1. The molecule has 2 N–H and O–H groups in total. The van der Waals surface area contributed by atoms with Crippen molar-refractivity contribution in [3.05, 3.63) is 46.9 Å². The number of ether oxygens (including phenoxy) is 2. The van der Waals surface area contributed by atoms with Gasteiger partial charge < -0.3 is 19.6 Å². The lowest BCUT2D eigenvalue weighted by Gasteiger charge is -2.17. The molecule has 102 valence electrons. The molecule has 2 rings (SSSR count). The zero-order valence-corrected chi connectivity index (χ0v) is 11.7. The minimum absolute atomic E-state index is 0.237. The number of aryl methyl sites for hydroxylation is 2. The van der Waals surface area contributed by atoms with Crippen LogP contribution in [-0.2, 0) is 0 Å². The van der Waals surface area contributed by atoms with Crippen LogP contribution in [0.5, 0.6) is 11.5 Å². The summed E-state index contributed by atoms with van der Waals surface area (Å²) in [4.78, 5) is 0. The van der Waals surface area contributed by atoms with Crippen LogP contribution in [0, 0.1) is 13.8 Å². The van der Waals surface area contributed by atoms with Crippen molar-refractivity contribution in [2.75, 3.05) is 14.2 Å². The SMILES string of the molecule is COc1cc(C)c(C(N)c2ccoc2C)cc1OC. The molecule has 19 heavy (non-hydrogen) atoms. The standard InChI is InChI=1S/C15H19NO3/c1-9-7-13(17-3)14(18-4)8-12(9)15(16)11-5-6-19-10(11)2/h5-8,15H,16H2,1-4H3. The van der Waals surface area contributed by atoms with Crippen molar-refractivity contribution in [2.24, 2.45) is 5.73 Å². The average molecular weight is 261 g/mol. The van der Waals surface area contributed by atoms with E-state index in [1.807, 2.05) is 32.0 Å². The average Bonchev–Trinajstić information content (AvgIpc) is 2.83. The van der Waals surface area contributed by atoms with Gasteiger partial charge in [-0.2, -0.15) is 0 Å². The van der Waals surface area contributed by atoms with E-state index < -0.39 is 0 Å². The first-order valence-corrected chi connectivity index (χ1v) is 6.10. The molecule has 0 radical (unpaired) electrons. The van der Waals surface area contributed by atoms with Gasteiger partial charge >= 0.3 is 0 Å². The Balaban J connectivity index is 2.48. The second kappa shape index (κ2) is 5.36. The molecular weight excluding hydrogens is 242 g/mol. The number of furan rings is 1. The van der Waals surface area contributed by atoms with Crippen LogP contribution in [0.2, 0.25) is 0 Å². The molecule has 0 aliphatic rings. The van der Waals surface area contributed by atoms with Gasteiger partial charge in [0.25, 0.3) is 0 Å². The van der Waals surface area contributed by atoms with Crippen LogP contribution in [0.4, 0.5) is 0 Å². The van der Waals surface area contributed by atoms with Gasteiger partial charge in [-0.15, -0.1) is 0 Å². The monoisotopic (exact) mass is 261 g/mol. The molecule has 0 saturated carbocycles. The molecule has 1 aromatic heterocycles. The maximum atomic E-state index is 6.32. The highest BCUT2D eigenvalue weighted by molar-refractivity contribution is 5.50. The number of methoxy groups -OCH3 is 2. The van der Waals surface area contributed by atoms with E-state index in [2.05, 4.69) is 0 Å². The van der Waals surface area contributed by atoms with Gasteiger partial charge in [-0.25, -0.2) is 0 Å². The van der Waals surface area contributed by atoms with Crippen LogP contribution in [-0.4, -0.2) is 14.2 Å². The Morgan fingerprint density at radius 3 is 2.21 bits per heavy atom. The van der Waals surface area contributed by atoms with Gasteiger partial charge in [0.2, 0.25) is 0 Å². The van der Waals surface area contributed by atoms with E-state index in [9.17, 15) is 0 Å². The van der Waals surface area contributed by atoms with Gasteiger partial charge in [-0.05, 0) is 43.2 Å². The van der Waals surface area contributed by atoms with E-state index in [-0.39, 0.29) is 6.04 Å². The Kier molecular flexibility index (Phi) is 3.81. The van der Waals surface area contributed by atoms with Gasteiger partial charge in [0.05, 0.1) is 26.5 Å². The van der Waals surface area contributed by atoms with Crippen molar-refractivity contribution in [3.8, 4) is 11.5 Å². The lowest BCUT2D eigenvalue weighted by molar-refractivity contribution is 0.354. The van der Waals surface area contributed by atoms with Crippen LogP contribution < -0.4 is 15.2 Å². The van der Waals surface area contributed by atoms with Gasteiger partial charge in [0.15, 0.2) is 11.5 Å². The topological polar surface area (TPSA) is 57.6 Å². The zero-order valence-electron chi connectivity index (χ0n) is 11.7. The van der Waals surface area contributed by atoms with Crippen LogP contribution in [0.1, 0.15) is 28.5 Å². The molecule has 0 bridgehead atoms. The Morgan fingerprint density at radius 1 is 1.05 bits per heavy atom. The van der Waals surface area contributed by atoms with Crippen molar-refractivity contribution >= 4 is 0 Å². The molecule has 1 atom stereocenters. The van der Waals surface area contributed by atoms with Crippen molar-refractivity contribution < 1.29 is 13.9 Å². The summed E-state index contributed by atoms with van der Waals surface area (Å²) in [7, 11) is 3.24. The fourth-order valence-electron chi connectivity index (χ4n) is 2.22. The van der Waals surface area contributed by atoms with Gasteiger partial charge in [0, 0.05) is 5.56 Å². The second-order valence-electron chi connectivity index (χ2n) is 4.47. The highest BCUT2D eigenvalue weighted by Crippen LogP contribution is 2.34. The first-order chi connectivity index (χ1) is 9.08. The maximum absolute atomic E-state index is 6.32. The fourth-order valence-corrected chi connectivity index (χ4v) is 2.22. The summed E-state index contributed by atoms with van der Waals surface area (Å²) < 4.78 is 15.9. The molecule has 0 saturated heterocycles. The van der Waals surface area contributed by atoms with Crippen LogP contribution >= 0.6 is 0 Å². The predicted octanol–water partition coefficient (Wildman–Crippen LogP) is 2.96. The Labute approximate surface area is 113 Å².